The minimum atomic E-state index is -1.61. The highest BCUT2D eigenvalue weighted by Gasteiger charge is 2.69. The zero-order chi connectivity index (χ0) is 26.3. The van der Waals surface area contributed by atoms with Gasteiger partial charge in [-0.1, -0.05) is 0 Å². The number of esters is 1. The molecule has 2 aliphatic carbocycles. The van der Waals surface area contributed by atoms with Gasteiger partial charge >= 0.3 is 5.97 Å². The van der Waals surface area contributed by atoms with Crippen LogP contribution in [0.15, 0.2) is 22.8 Å². The van der Waals surface area contributed by atoms with Gasteiger partial charge in [-0.05, 0) is 37.5 Å². The van der Waals surface area contributed by atoms with Crippen LogP contribution < -0.4 is 4.74 Å². The SMILES string of the molecule is COc1cc2c(c3occc13)C[C@@H](O)[C@@H]1[C@]23CC[C@@H](O[C@@H]2O[C@H](CO)[C@@H](O)[C@H](O)[C@H]2O)[C@@]1(C)C(=O)OC3. The van der Waals surface area contributed by atoms with Crippen LogP contribution >= 0.6 is 0 Å². The first kappa shape index (κ1) is 25.1. The highest BCUT2D eigenvalue weighted by atomic mass is 16.7. The predicted molar refractivity (Wildman–Crippen MR) is 125 cm³/mol. The summed E-state index contributed by atoms with van der Waals surface area (Å²) in [7, 11) is 1.58. The quantitative estimate of drug-likeness (QED) is 0.337. The number of ether oxygens (including phenoxy) is 4. The van der Waals surface area contributed by atoms with Gasteiger partial charge in [-0.25, -0.2) is 0 Å². The first-order valence-electron chi connectivity index (χ1n) is 12.6. The standard InChI is InChI=1S/C26H32O11/c1-25-17(37-23-20(31)19(30)18(29)16(9-27)36-23)3-5-26(10-35-24(25)32)13-8-15(33-2)11-4-6-34-21(11)12(13)7-14(28)22(25)26/h4,6,8,14,16-20,22-23,27-31H,3,5,7,9-10H2,1-2H3/t14-,16-,17-,18-,19+,20-,22+,23+,25-,26+/m1/s1. The van der Waals surface area contributed by atoms with Crippen molar-refractivity contribution in [3.63, 3.8) is 0 Å². The smallest absolute Gasteiger partial charge is 0.314 e. The average Bonchev–Trinajstić information content (AvgIpc) is 3.38. The van der Waals surface area contributed by atoms with E-state index in [9.17, 15) is 30.3 Å². The van der Waals surface area contributed by atoms with Gasteiger partial charge in [-0.3, -0.25) is 4.79 Å². The molecule has 2 aliphatic heterocycles. The van der Waals surface area contributed by atoms with Crippen molar-refractivity contribution >= 4 is 16.9 Å². The third kappa shape index (κ3) is 3.29. The van der Waals surface area contributed by atoms with E-state index in [0.29, 0.717) is 24.2 Å². The average molecular weight is 521 g/mol. The molecule has 3 heterocycles. The summed E-state index contributed by atoms with van der Waals surface area (Å²) in [6, 6.07) is 3.77. The van der Waals surface area contributed by atoms with Gasteiger partial charge in [-0.2, -0.15) is 0 Å². The topological polar surface area (TPSA) is 168 Å². The molecule has 11 nitrogen and oxygen atoms in total. The second-order valence-corrected chi connectivity index (χ2v) is 10.9. The van der Waals surface area contributed by atoms with E-state index in [0.717, 1.165) is 16.5 Å². The Bertz CT molecular complexity index is 1210. The molecule has 11 heteroatoms. The van der Waals surface area contributed by atoms with Gasteiger partial charge in [-0.15, -0.1) is 0 Å². The molecule has 2 bridgehead atoms. The molecular formula is C26H32O11. The zero-order valence-corrected chi connectivity index (χ0v) is 20.6. The summed E-state index contributed by atoms with van der Waals surface area (Å²) in [5.74, 6) is -0.490. The number of benzene rings is 1. The molecule has 1 aromatic heterocycles. The molecule has 1 saturated carbocycles. The fraction of sp³-hybridized carbons (Fsp3) is 0.654. The molecule has 0 radical (unpaired) electrons. The van der Waals surface area contributed by atoms with Gasteiger partial charge in [0, 0.05) is 23.3 Å². The fourth-order valence-electron chi connectivity index (χ4n) is 7.39. The van der Waals surface area contributed by atoms with Crippen molar-refractivity contribution in [3.8, 4) is 5.75 Å². The number of methoxy groups -OCH3 is 1. The van der Waals surface area contributed by atoms with E-state index in [1.54, 1.807) is 20.3 Å². The number of hydrogen-bond donors (Lipinski definition) is 5. The largest absolute Gasteiger partial charge is 0.496 e. The van der Waals surface area contributed by atoms with Crippen molar-refractivity contribution in [2.45, 2.75) is 74.5 Å². The Balaban J connectivity index is 1.41. The normalized spacial score (nSPS) is 43.2. The third-order valence-corrected chi connectivity index (χ3v) is 9.17. The Morgan fingerprint density at radius 1 is 1.16 bits per heavy atom. The molecule has 0 spiro atoms. The van der Waals surface area contributed by atoms with Crippen molar-refractivity contribution in [3.05, 3.63) is 29.5 Å². The lowest BCUT2D eigenvalue weighted by molar-refractivity contribution is -0.330. The molecule has 5 N–H and O–H groups in total. The molecule has 202 valence electrons. The van der Waals surface area contributed by atoms with Crippen LogP contribution in [0.25, 0.3) is 11.0 Å². The summed E-state index contributed by atoms with van der Waals surface area (Å²) < 4.78 is 28.9. The van der Waals surface area contributed by atoms with E-state index in [1.807, 2.05) is 12.1 Å². The number of fused-ring (bicyclic) bond motifs is 3. The number of carbonyl (C=O) groups is 1. The minimum absolute atomic E-state index is 0.0816. The number of furan rings is 1. The summed E-state index contributed by atoms with van der Waals surface area (Å²) in [5.41, 5.74) is 0.362. The van der Waals surface area contributed by atoms with E-state index < -0.39 is 72.2 Å². The van der Waals surface area contributed by atoms with Crippen molar-refractivity contribution < 1.29 is 53.7 Å². The third-order valence-electron chi connectivity index (χ3n) is 9.17. The Labute approximate surface area is 212 Å². The maximum Gasteiger partial charge on any atom is 0.314 e. The van der Waals surface area contributed by atoms with Crippen molar-refractivity contribution in [2.24, 2.45) is 11.3 Å². The lowest BCUT2D eigenvalue weighted by Crippen LogP contribution is -2.70. The highest BCUT2D eigenvalue weighted by molar-refractivity contribution is 5.89. The van der Waals surface area contributed by atoms with E-state index >= 15 is 0 Å². The molecule has 1 aromatic carbocycles. The maximum absolute atomic E-state index is 13.4. The number of carbonyl (C=O) groups excluding carboxylic acids is 1. The first-order valence-corrected chi connectivity index (χ1v) is 12.6. The van der Waals surface area contributed by atoms with Gasteiger partial charge in [0.15, 0.2) is 6.29 Å². The molecule has 37 heavy (non-hydrogen) atoms. The number of rotatable bonds is 4. The van der Waals surface area contributed by atoms with Crippen LogP contribution in [0.5, 0.6) is 5.75 Å². The summed E-state index contributed by atoms with van der Waals surface area (Å²) >= 11 is 0. The van der Waals surface area contributed by atoms with E-state index in [4.69, 9.17) is 23.4 Å². The molecule has 2 aromatic rings. The van der Waals surface area contributed by atoms with Gasteiger partial charge in [0.1, 0.15) is 42.4 Å². The molecular weight excluding hydrogens is 488 g/mol. The number of aliphatic hydroxyl groups excluding tert-OH is 5. The molecule has 10 atom stereocenters. The van der Waals surface area contributed by atoms with E-state index in [-0.39, 0.29) is 13.0 Å². The van der Waals surface area contributed by atoms with Gasteiger partial charge in [0.05, 0.1) is 43.0 Å². The zero-order valence-electron chi connectivity index (χ0n) is 20.6. The van der Waals surface area contributed by atoms with Gasteiger partial charge in [0.2, 0.25) is 0 Å². The molecule has 0 amide bonds. The summed E-state index contributed by atoms with van der Waals surface area (Å²) in [6.45, 7) is 1.18. The van der Waals surface area contributed by atoms with Crippen LogP contribution in [-0.2, 0) is 30.8 Å². The van der Waals surface area contributed by atoms with Crippen LogP contribution in [0.3, 0.4) is 0 Å². The van der Waals surface area contributed by atoms with Crippen LogP contribution in [-0.4, -0.2) is 94.7 Å². The van der Waals surface area contributed by atoms with E-state index in [2.05, 4.69) is 0 Å². The second-order valence-electron chi connectivity index (χ2n) is 10.9. The summed E-state index contributed by atoms with van der Waals surface area (Å²) in [4.78, 5) is 13.4. The Morgan fingerprint density at radius 2 is 1.95 bits per heavy atom. The highest BCUT2D eigenvalue weighted by Crippen LogP contribution is 2.62. The van der Waals surface area contributed by atoms with Crippen LogP contribution in [0.2, 0.25) is 0 Å². The second kappa shape index (κ2) is 8.63. The lowest BCUT2D eigenvalue weighted by Gasteiger charge is -2.62. The van der Waals surface area contributed by atoms with Crippen molar-refractivity contribution in [1.29, 1.82) is 0 Å². The van der Waals surface area contributed by atoms with Crippen molar-refractivity contribution in [1.82, 2.24) is 0 Å². The predicted octanol–water partition coefficient (Wildman–Crippen LogP) is -0.246. The van der Waals surface area contributed by atoms with Crippen LogP contribution in [0.1, 0.15) is 30.9 Å². The minimum Gasteiger partial charge on any atom is -0.496 e. The lowest BCUT2D eigenvalue weighted by atomic mass is 9.46. The van der Waals surface area contributed by atoms with Gasteiger partial charge < -0.3 is 48.9 Å². The number of aliphatic hydroxyl groups is 5. The molecule has 3 fully saturated rings. The number of cyclic esters (lactones) is 1. The fourth-order valence-corrected chi connectivity index (χ4v) is 7.39. The van der Waals surface area contributed by atoms with E-state index in [1.165, 1.54) is 0 Å². The monoisotopic (exact) mass is 520 g/mol. The summed E-state index contributed by atoms with van der Waals surface area (Å²) in [6.07, 6.45) is -6.38. The Kier molecular flexibility index (Phi) is 5.85. The first-order chi connectivity index (χ1) is 17.7. The Morgan fingerprint density at radius 3 is 2.68 bits per heavy atom. The molecule has 6 rings (SSSR count). The number of hydrogen-bond acceptors (Lipinski definition) is 11. The molecule has 4 aliphatic rings. The van der Waals surface area contributed by atoms with Gasteiger partial charge in [0.25, 0.3) is 0 Å². The van der Waals surface area contributed by atoms with Crippen LogP contribution in [0.4, 0.5) is 0 Å². The Hall–Kier alpha value is -2.25. The summed E-state index contributed by atoms with van der Waals surface area (Å²) in [5, 5.41) is 52.8. The molecule has 0 unspecified atom stereocenters. The van der Waals surface area contributed by atoms with Crippen molar-refractivity contribution in [2.75, 3.05) is 20.3 Å². The van der Waals surface area contributed by atoms with Crippen LogP contribution in [0, 0.1) is 11.3 Å². The maximum atomic E-state index is 13.4. The molecule has 2 saturated heterocycles.